The van der Waals surface area contributed by atoms with Gasteiger partial charge in [-0.1, -0.05) is 13.8 Å². The van der Waals surface area contributed by atoms with Gasteiger partial charge in [0.15, 0.2) is 0 Å². The van der Waals surface area contributed by atoms with Crippen molar-refractivity contribution >= 4 is 30.1 Å². The Kier molecular flexibility index (Phi) is 8.86. The van der Waals surface area contributed by atoms with Crippen LogP contribution in [0, 0.1) is 0 Å². The van der Waals surface area contributed by atoms with Gasteiger partial charge in [0, 0.05) is 55.0 Å². The van der Waals surface area contributed by atoms with E-state index in [2.05, 4.69) is 29.4 Å². The number of benzene rings is 1. The lowest BCUT2D eigenvalue weighted by Crippen LogP contribution is -2.46. The smallest absolute Gasteiger partial charge is 0.251 e. The number of nitrogens with zero attached hydrogens (tertiary/aromatic N) is 1. The Morgan fingerprint density at radius 3 is 2.50 bits per heavy atom. The molecule has 0 aromatic heterocycles. The first kappa shape index (κ1) is 19.3. The standard InChI is InChI=1S/C16H25N3OS.ClH/c1-13(2)21-15-5-3-14(4-6-15)16(20)18-9-12-19-10-7-17-8-11-19;/h3-6,13,17H,7-12H2,1-2H3,(H,18,20);1H. The minimum Gasteiger partial charge on any atom is -0.351 e. The van der Waals surface area contributed by atoms with Crippen LogP contribution < -0.4 is 10.6 Å². The van der Waals surface area contributed by atoms with E-state index in [4.69, 9.17) is 0 Å². The molecule has 1 saturated heterocycles. The van der Waals surface area contributed by atoms with Crippen molar-refractivity contribution in [3.8, 4) is 0 Å². The predicted molar refractivity (Wildman–Crippen MR) is 96.3 cm³/mol. The maximum atomic E-state index is 12.1. The molecule has 1 aromatic carbocycles. The van der Waals surface area contributed by atoms with Gasteiger partial charge in [0.05, 0.1) is 0 Å². The summed E-state index contributed by atoms with van der Waals surface area (Å²) in [6.45, 7) is 10.2. The van der Waals surface area contributed by atoms with E-state index < -0.39 is 0 Å². The number of amides is 1. The van der Waals surface area contributed by atoms with Crippen LogP contribution >= 0.6 is 24.2 Å². The normalized spacial score (nSPS) is 15.4. The fourth-order valence-corrected chi connectivity index (χ4v) is 3.16. The van der Waals surface area contributed by atoms with E-state index in [1.54, 1.807) is 0 Å². The molecule has 0 bridgehead atoms. The SMILES string of the molecule is CC(C)Sc1ccc(C(=O)NCCN2CCNCC2)cc1.Cl. The number of thioether (sulfide) groups is 1. The fourth-order valence-electron chi connectivity index (χ4n) is 2.32. The van der Waals surface area contributed by atoms with Gasteiger partial charge in [-0.25, -0.2) is 0 Å². The molecular formula is C16H26ClN3OS. The molecule has 0 atom stereocenters. The van der Waals surface area contributed by atoms with Crippen molar-refractivity contribution in [2.24, 2.45) is 0 Å². The van der Waals surface area contributed by atoms with Crippen molar-refractivity contribution in [1.29, 1.82) is 0 Å². The molecule has 0 radical (unpaired) electrons. The van der Waals surface area contributed by atoms with Gasteiger partial charge in [-0.15, -0.1) is 24.2 Å². The molecule has 4 nitrogen and oxygen atoms in total. The highest BCUT2D eigenvalue weighted by molar-refractivity contribution is 7.99. The van der Waals surface area contributed by atoms with Crippen LogP contribution in [0.1, 0.15) is 24.2 Å². The third kappa shape index (κ3) is 6.57. The molecule has 124 valence electrons. The molecule has 0 aliphatic carbocycles. The minimum absolute atomic E-state index is 0. The molecular weight excluding hydrogens is 318 g/mol. The van der Waals surface area contributed by atoms with Crippen LogP contribution in [-0.2, 0) is 0 Å². The van der Waals surface area contributed by atoms with Crippen molar-refractivity contribution in [3.63, 3.8) is 0 Å². The van der Waals surface area contributed by atoms with Crippen molar-refractivity contribution in [2.75, 3.05) is 39.3 Å². The lowest BCUT2D eigenvalue weighted by Gasteiger charge is -2.27. The minimum atomic E-state index is 0. The van der Waals surface area contributed by atoms with Gasteiger partial charge in [0.2, 0.25) is 0 Å². The molecule has 2 N–H and O–H groups in total. The lowest BCUT2D eigenvalue weighted by molar-refractivity contribution is 0.0947. The van der Waals surface area contributed by atoms with Crippen molar-refractivity contribution in [1.82, 2.24) is 15.5 Å². The van der Waals surface area contributed by atoms with E-state index in [0.717, 1.165) is 38.3 Å². The summed E-state index contributed by atoms with van der Waals surface area (Å²) in [4.78, 5) is 15.7. The second-order valence-corrected chi connectivity index (χ2v) is 7.19. The maximum Gasteiger partial charge on any atom is 0.251 e. The monoisotopic (exact) mass is 343 g/mol. The Bertz CT molecular complexity index is 447. The van der Waals surface area contributed by atoms with Gasteiger partial charge in [-0.2, -0.15) is 0 Å². The van der Waals surface area contributed by atoms with Gasteiger partial charge in [-0.3, -0.25) is 9.69 Å². The lowest BCUT2D eigenvalue weighted by atomic mass is 10.2. The van der Waals surface area contributed by atoms with E-state index in [1.165, 1.54) is 4.90 Å². The number of rotatable bonds is 6. The van der Waals surface area contributed by atoms with E-state index in [1.807, 2.05) is 36.0 Å². The molecule has 6 heteroatoms. The van der Waals surface area contributed by atoms with Crippen LogP contribution in [0.3, 0.4) is 0 Å². The molecule has 1 amide bonds. The molecule has 0 saturated carbocycles. The van der Waals surface area contributed by atoms with Gasteiger partial charge in [0.1, 0.15) is 0 Å². The Hall–Kier alpha value is -0.750. The molecule has 0 spiro atoms. The number of nitrogens with one attached hydrogen (secondary N) is 2. The van der Waals surface area contributed by atoms with Gasteiger partial charge in [0.25, 0.3) is 5.91 Å². The highest BCUT2D eigenvalue weighted by Crippen LogP contribution is 2.22. The number of hydrogen-bond acceptors (Lipinski definition) is 4. The summed E-state index contributed by atoms with van der Waals surface area (Å²) in [5, 5.41) is 6.89. The zero-order valence-electron chi connectivity index (χ0n) is 13.3. The molecule has 1 heterocycles. The molecule has 22 heavy (non-hydrogen) atoms. The average Bonchev–Trinajstić information content (AvgIpc) is 2.48. The van der Waals surface area contributed by atoms with Gasteiger partial charge < -0.3 is 10.6 Å². The summed E-state index contributed by atoms with van der Waals surface area (Å²) >= 11 is 1.81. The van der Waals surface area contributed by atoms with Crippen LogP contribution in [0.25, 0.3) is 0 Å². The number of piperazine rings is 1. The largest absolute Gasteiger partial charge is 0.351 e. The van der Waals surface area contributed by atoms with E-state index in [0.29, 0.717) is 11.8 Å². The van der Waals surface area contributed by atoms with Crippen molar-refractivity contribution in [3.05, 3.63) is 29.8 Å². The Morgan fingerprint density at radius 2 is 1.91 bits per heavy atom. The first-order chi connectivity index (χ1) is 10.1. The van der Waals surface area contributed by atoms with Gasteiger partial charge >= 0.3 is 0 Å². The molecule has 0 unspecified atom stereocenters. The summed E-state index contributed by atoms with van der Waals surface area (Å²) < 4.78 is 0. The van der Waals surface area contributed by atoms with Gasteiger partial charge in [-0.05, 0) is 24.3 Å². The molecule has 1 aliphatic heterocycles. The fraction of sp³-hybridized carbons (Fsp3) is 0.562. The summed E-state index contributed by atoms with van der Waals surface area (Å²) in [7, 11) is 0. The van der Waals surface area contributed by atoms with E-state index >= 15 is 0 Å². The Morgan fingerprint density at radius 1 is 1.27 bits per heavy atom. The third-order valence-corrected chi connectivity index (χ3v) is 4.43. The number of halogens is 1. The Balaban J connectivity index is 0.00000242. The topological polar surface area (TPSA) is 44.4 Å². The second-order valence-electron chi connectivity index (χ2n) is 5.54. The quantitative estimate of drug-likeness (QED) is 0.778. The molecule has 1 aromatic rings. The summed E-state index contributed by atoms with van der Waals surface area (Å²) in [5.74, 6) is 0.0197. The van der Waals surface area contributed by atoms with Crippen LogP contribution in [0.15, 0.2) is 29.2 Å². The second kappa shape index (κ2) is 10.1. The number of carbonyl (C=O) groups excluding carboxylic acids is 1. The van der Waals surface area contributed by atoms with Crippen LogP contribution in [0.4, 0.5) is 0 Å². The molecule has 2 rings (SSSR count). The first-order valence-electron chi connectivity index (χ1n) is 7.63. The highest BCUT2D eigenvalue weighted by Gasteiger charge is 2.10. The van der Waals surface area contributed by atoms with Crippen molar-refractivity contribution in [2.45, 2.75) is 24.0 Å². The Labute approximate surface area is 143 Å². The van der Waals surface area contributed by atoms with Crippen molar-refractivity contribution < 1.29 is 4.79 Å². The van der Waals surface area contributed by atoms with Crippen LogP contribution in [-0.4, -0.2) is 55.3 Å². The third-order valence-electron chi connectivity index (χ3n) is 3.41. The zero-order chi connectivity index (χ0) is 15.1. The summed E-state index contributed by atoms with van der Waals surface area (Å²) in [5.41, 5.74) is 0.739. The molecule has 1 fully saturated rings. The number of carbonyl (C=O) groups is 1. The van der Waals surface area contributed by atoms with Crippen LogP contribution in [0.5, 0.6) is 0 Å². The summed E-state index contributed by atoms with van der Waals surface area (Å²) in [6, 6.07) is 7.86. The van der Waals surface area contributed by atoms with E-state index in [9.17, 15) is 4.79 Å². The van der Waals surface area contributed by atoms with Crippen LogP contribution in [0.2, 0.25) is 0 Å². The number of hydrogen-bond donors (Lipinski definition) is 2. The summed E-state index contributed by atoms with van der Waals surface area (Å²) in [6.07, 6.45) is 0. The molecule has 1 aliphatic rings. The first-order valence-corrected chi connectivity index (χ1v) is 8.51. The maximum absolute atomic E-state index is 12.1. The zero-order valence-corrected chi connectivity index (χ0v) is 14.9. The van der Waals surface area contributed by atoms with E-state index in [-0.39, 0.29) is 18.3 Å². The average molecular weight is 344 g/mol. The predicted octanol–water partition coefficient (Wildman–Crippen LogP) is 2.24. The highest BCUT2D eigenvalue weighted by atomic mass is 35.5.